The van der Waals surface area contributed by atoms with E-state index in [1.807, 2.05) is 4.90 Å². The van der Waals surface area contributed by atoms with Crippen molar-refractivity contribution in [3.63, 3.8) is 0 Å². The number of hydrogen-bond acceptors (Lipinski definition) is 4. The van der Waals surface area contributed by atoms with Crippen molar-refractivity contribution < 1.29 is 13.2 Å². The summed E-state index contributed by atoms with van der Waals surface area (Å²) in [4.78, 5) is 17.6. The molecule has 1 amide bonds. The molecule has 4 rings (SSSR count). The maximum absolute atomic E-state index is 13.3. The van der Waals surface area contributed by atoms with Crippen LogP contribution in [0.4, 0.5) is 5.69 Å². The molecular weight excluding hydrogens is 424 g/mol. The monoisotopic (exact) mass is 462 g/mol. The van der Waals surface area contributed by atoms with Crippen LogP contribution in [0.2, 0.25) is 0 Å². The molecule has 0 saturated carbocycles. The lowest BCUT2D eigenvalue weighted by atomic mass is 9.97. The Morgan fingerprint density at radius 1 is 0.906 bits per heavy atom. The summed E-state index contributed by atoms with van der Waals surface area (Å²) in [6.45, 7) is 11.5. The Bertz CT molecular complexity index is 919. The predicted octanol–water partition coefficient (Wildman–Crippen LogP) is 2.64. The molecule has 0 radical (unpaired) electrons. The zero-order chi connectivity index (χ0) is 22.9. The van der Waals surface area contributed by atoms with Gasteiger partial charge in [0.25, 0.3) is 10.2 Å². The normalized spacial score (nSPS) is 24.7. The number of nitrogens with zero attached hydrogens (tertiary/aromatic N) is 4. The van der Waals surface area contributed by atoms with E-state index in [-0.39, 0.29) is 11.8 Å². The van der Waals surface area contributed by atoms with E-state index in [1.165, 1.54) is 16.8 Å². The molecule has 32 heavy (non-hydrogen) atoms. The Kier molecular flexibility index (Phi) is 7.12. The molecule has 8 heteroatoms. The summed E-state index contributed by atoms with van der Waals surface area (Å²) in [5.41, 5.74) is 3.76. The molecule has 7 nitrogen and oxygen atoms in total. The zero-order valence-electron chi connectivity index (χ0n) is 19.8. The first-order valence-electron chi connectivity index (χ1n) is 12.1. The Morgan fingerprint density at radius 3 is 2.28 bits per heavy atom. The molecule has 1 aromatic carbocycles. The highest BCUT2D eigenvalue weighted by Crippen LogP contribution is 2.27. The third kappa shape index (κ3) is 4.97. The molecule has 3 heterocycles. The van der Waals surface area contributed by atoms with Crippen LogP contribution < -0.4 is 4.90 Å². The summed E-state index contributed by atoms with van der Waals surface area (Å²) in [5.74, 6) is 0.478. The van der Waals surface area contributed by atoms with Gasteiger partial charge in [0.2, 0.25) is 5.91 Å². The summed E-state index contributed by atoms with van der Waals surface area (Å²) in [5, 5.41) is 0. The SMILES string of the molecule is Cc1ccc(C)c(N2CCN(C(=O)[C@@H]3CCCN(S(=O)(=O)N4CCC(C)CC4)C3)CC2)c1. The van der Waals surface area contributed by atoms with Crippen LogP contribution >= 0.6 is 0 Å². The van der Waals surface area contributed by atoms with Gasteiger partial charge in [0.15, 0.2) is 0 Å². The molecular formula is C24H38N4O3S. The van der Waals surface area contributed by atoms with E-state index < -0.39 is 10.2 Å². The fourth-order valence-corrected chi connectivity index (χ4v) is 6.95. The molecule has 0 aromatic heterocycles. The average molecular weight is 463 g/mol. The van der Waals surface area contributed by atoms with Crippen LogP contribution in [0.25, 0.3) is 0 Å². The van der Waals surface area contributed by atoms with Gasteiger partial charge in [-0.15, -0.1) is 0 Å². The largest absolute Gasteiger partial charge is 0.368 e. The van der Waals surface area contributed by atoms with Gasteiger partial charge in [0, 0.05) is 58.0 Å². The maximum atomic E-state index is 13.3. The fraction of sp³-hybridized carbons (Fsp3) is 0.708. The van der Waals surface area contributed by atoms with Crippen LogP contribution in [0.3, 0.4) is 0 Å². The summed E-state index contributed by atoms with van der Waals surface area (Å²) in [7, 11) is -3.47. The molecule has 3 saturated heterocycles. The minimum atomic E-state index is -3.47. The number of piperidine rings is 2. The van der Waals surface area contributed by atoms with Gasteiger partial charge in [0.05, 0.1) is 5.92 Å². The van der Waals surface area contributed by atoms with Crippen molar-refractivity contribution in [3.05, 3.63) is 29.3 Å². The molecule has 0 spiro atoms. The summed E-state index contributed by atoms with van der Waals surface area (Å²) < 4.78 is 29.5. The number of anilines is 1. The number of hydrogen-bond donors (Lipinski definition) is 0. The van der Waals surface area contributed by atoms with Crippen molar-refractivity contribution >= 4 is 21.8 Å². The van der Waals surface area contributed by atoms with Crippen LogP contribution in [0.1, 0.15) is 43.7 Å². The average Bonchev–Trinajstić information content (AvgIpc) is 2.81. The highest BCUT2D eigenvalue weighted by atomic mass is 32.2. The van der Waals surface area contributed by atoms with Crippen LogP contribution in [0, 0.1) is 25.7 Å². The van der Waals surface area contributed by atoms with Crippen LogP contribution in [-0.2, 0) is 15.0 Å². The topological polar surface area (TPSA) is 64.2 Å². The lowest BCUT2D eigenvalue weighted by molar-refractivity contribution is -0.137. The second-order valence-corrected chi connectivity index (χ2v) is 11.8. The van der Waals surface area contributed by atoms with Crippen LogP contribution in [0.5, 0.6) is 0 Å². The number of amides is 1. The quantitative estimate of drug-likeness (QED) is 0.690. The Balaban J connectivity index is 1.35. The number of carbonyl (C=O) groups is 1. The van der Waals surface area contributed by atoms with Gasteiger partial charge >= 0.3 is 0 Å². The number of carbonyl (C=O) groups excluding carboxylic acids is 1. The van der Waals surface area contributed by atoms with E-state index in [9.17, 15) is 13.2 Å². The van der Waals surface area contributed by atoms with Gasteiger partial charge in [-0.2, -0.15) is 17.0 Å². The van der Waals surface area contributed by atoms with Crippen molar-refractivity contribution in [1.29, 1.82) is 0 Å². The molecule has 0 unspecified atom stereocenters. The number of rotatable bonds is 4. The molecule has 0 N–H and O–H groups in total. The lowest BCUT2D eigenvalue weighted by Gasteiger charge is -2.41. The minimum Gasteiger partial charge on any atom is -0.368 e. The number of piperazine rings is 1. The Labute approximate surface area is 193 Å². The first kappa shape index (κ1) is 23.5. The minimum absolute atomic E-state index is 0.123. The summed E-state index contributed by atoms with van der Waals surface area (Å²) in [6, 6.07) is 6.51. The second-order valence-electron chi connectivity index (χ2n) is 9.89. The molecule has 3 aliphatic heterocycles. The van der Waals surface area contributed by atoms with Crippen molar-refractivity contribution in [1.82, 2.24) is 13.5 Å². The lowest BCUT2D eigenvalue weighted by Crippen LogP contribution is -2.55. The van der Waals surface area contributed by atoms with Crippen molar-refractivity contribution in [2.75, 3.05) is 57.3 Å². The molecule has 1 aromatic rings. The smallest absolute Gasteiger partial charge is 0.281 e. The second kappa shape index (κ2) is 9.69. The van der Waals surface area contributed by atoms with Crippen LogP contribution in [0.15, 0.2) is 18.2 Å². The Morgan fingerprint density at radius 2 is 1.59 bits per heavy atom. The Hall–Kier alpha value is -1.64. The molecule has 3 fully saturated rings. The van der Waals surface area contributed by atoms with Crippen molar-refractivity contribution in [2.45, 2.75) is 46.5 Å². The van der Waals surface area contributed by atoms with E-state index in [0.29, 0.717) is 45.2 Å². The van der Waals surface area contributed by atoms with Gasteiger partial charge in [-0.05, 0) is 62.6 Å². The molecule has 178 valence electrons. The van der Waals surface area contributed by atoms with E-state index >= 15 is 0 Å². The zero-order valence-corrected chi connectivity index (χ0v) is 20.6. The highest BCUT2D eigenvalue weighted by molar-refractivity contribution is 7.86. The van der Waals surface area contributed by atoms with E-state index in [0.717, 1.165) is 38.8 Å². The van der Waals surface area contributed by atoms with E-state index in [1.54, 1.807) is 8.61 Å². The standard InChI is InChI=1S/C24H38N4O3S/c1-19-8-11-27(12-9-19)32(30,31)28-10-4-5-22(18-28)24(29)26-15-13-25(14-16-26)23-17-20(2)6-7-21(23)3/h6-7,17,19,22H,4-5,8-16,18H2,1-3H3/t22-/m1/s1. The van der Waals surface area contributed by atoms with Crippen molar-refractivity contribution in [3.8, 4) is 0 Å². The van der Waals surface area contributed by atoms with Crippen LogP contribution in [-0.4, -0.2) is 80.2 Å². The third-order valence-electron chi connectivity index (χ3n) is 7.43. The first-order chi connectivity index (χ1) is 15.3. The van der Waals surface area contributed by atoms with Gasteiger partial charge in [0.1, 0.15) is 0 Å². The highest BCUT2D eigenvalue weighted by Gasteiger charge is 2.38. The maximum Gasteiger partial charge on any atom is 0.281 e. The molecule has 1 atom stereocenters. The molecule has 0 bridgehead atoms. The number of aryl methyl sites for hydroxylation is 2. The van der Waals surface area contributed by atoms with Crippen molar-refractivity contribution in [2.24, 2.45) is 11.8 Å². The van der Waals surface area contributed by atoms with Gasteiger partial charge in [-0.3, -0.25) is 4.79 Å². The summed E-state index contributed by atoms with van der Waals surface area (Å²) >= 11 is 0. The molecule has 0 aliphatic carbocycles. The summed E-state index contributed by atoms with van der Waals surface area (Å²) in [6.07, 6.45) is 3.36. The van der Waals surface area contributed by atoms with Gasteiger partial charge < -0.3 is 9.80 Å². The van der Waals surface area contributed by atoms with E-state index in [4.69, 9.17) is 0 Å². The van der Waals surface area contributed by atoms with Gasteiger partial charge in [-0.1, -0.05) is 19.1 Å². The third-order valence-corrected chi connectivity index (χ3v) is 9.43. The first-order valence-corrected chi connectivity index (χ1v) is 13.5. The molecule has 3 aliphatic rings. The van der Waals surface area contributed by atoms with E-state index in [2.05, 4.69) is 43.9 Å². The fourth-order valence-electron chi connectivity index (χ4n) is 5.22. The predicted molar refractivity (Wildman–Crippen MR) is 128 cm³/mol. The number of benzene rings is 1. The van der Waals surface area contributed by atoms with Gasteiger partial charge in [-0.25, -0.2) is 0 Å².